The minimum atomic E-state index is -0.364. The van der Waals surface area contributed by atoms with Crippen LogP contribution < -0.4 is 0 Å². The Morgan fingerprint density at radius 3 is 2.88 bits per heavy atom. The Kier molecular flexibility index (Phi) is 3.11. The van der Waals surface area contributed by atoms with Crippen molar-refractivity contribution in [3.05, 3.63) is 18.1 Å². The number of fused-ring (bicyclic) bond motifs is 1. The molecular weight excluding hydrogens is 224 g/mol. The van der Waals surface area contributed by atoms with Gasteiger partial charge in [0.1, 0.15) is 11.4 Å². The Morgan fingerprint density at radius 1 is 1.44 bits per heavy atom. The molecule has 0 fully saturated rings. The summed E-state index contributed by atoms with van der Waals surface area (Å²) in [6.45, 7) is 5.68. The summed E-state index contributed by atoms with van der Waals surface area (Å²) in [4.78, 5) is 8.32. The van der Waals surface area contributed by atoms with Crippen molar-refractivity contribution >= 4 is 17.5 Å². The summed E-state index contributed by atoms with van der Waals surface area (Å²) in [6.07, 6.45) is 1.12. The molecule has 0 aliphatic carbocycles. The lowest BCUT2D eigenvalue weighted by Gasteiger charge is -2.14. The number of hydrogen-bond donors (Lipinski definition) is 1. The van der Waals surface area contributed by atoms with E-state index in [0.29, 0.717) is 5.78 Å². The summed E-state index contributed by atoms with van der Waals surface area (Å²) in [5, 5.41) is 14.7. The van der Waals surface area contributed by atoms with E-state index in [1.807, 2.05) is 19.9 Å². The number of thioether (sulfide) groups is 1. The maximum atomic E-state index is 9.49. The second-order valence-electron chi connectivity index (χ2n) is 3.77. The van der Waals surface area contributed by atoms with E-state index in [1.165, 1.54) is 6.33 Å². The summed E-state index contributed by atoms with van der Waals surface area (Å²) < 4.78 is 1.69. The maximum Gasteiger partial charge on any atom is 0.253 e. The SMILES string of the molecule is Cc1cc(SC(C)C(C)O)n2ncnc2n1. The first-order valence-corrected chi connectivity index (χ1v) is 5.98. The van der Waals surface area contributed by atoms with Crippen molar-refractivity contribution in [3.8, 4) is 0 Å². The van der Waals surface area contributed by atoms with Crippen LogP contribution in [-0.2, 0) is 0 Å². The third kappa shape index (κ3) is 2.17. The van der Waals surface area contributed by atoms with Gasteiger partial charge in [0.05, 0.1) is 6.10 Å². The second kappa shape index (κ2) is 4.39. The number of aromatic nitrogens is 4. The Bertz CT molecular complexity index is 497. The van der Waals surface area contributed by atoms with Gasteiger partial charge in [0.15, 0.2) is 0 Å². The summed E-state index contributed by atoms with van der Waals surface area (Å²) in [6, 6.07) is 1.95. The molecular formula is C10H14N4OS. The second-order valence-corrected chi connectivity index (χ2v) is 5.17. The van der Waals surface area contributed by atoms with Crippen LogP contribution in [0.4, 0.5) is 0 Å². The van der Waals surface area contributed by atoms with E-state index >= 15 is 0 Å². The van der Waals surface area contributed by atoms with Gasteiger partial charge in [0.25, 0.3) is 5.78 Å². The molecule has 2 unspecified atom stereocenters. The molecule has 2 rings (SSSR count). The maximum absolute atomic E-state index is 9.49. The predicted octanol–water partition coefficient (Wildman–Crippen LogP) is 1.29. The van der Waals surface area contributed by atoms with Crippen LogP contribution >= 0.6 is 11.8 Å². The van der Waals surface area contributed by atoms with Crippen molar-refractivity contribution in [2.45, 2.75) is 37.2 Å². The number of aliphatic hydroxyl groups excluding tert-OH is 1. The molecule has 0 spiro atoms. The van der Waals surface area contributed by atoms with Crippen LogP contribution in [0.3, 0.4) is 0 Å². The lowest BCUT2D eigenvalue weighted by atomic mass is 10.3. The van der Waals surface area contributed by atoms with Crippen molar-refractivity contribution in [3.63, 3.8) is 0 Å². The molecule has 2 heterocycles. The molecule has 0 saturated heterocycles. The van der Waals surface area contributed by atoms with Gasteiger partial charge in [-0.3, -0.25) is 0 Å². The van der Waals surface area contributed by atoms with E-state index < -0.39 is 0 Å². The third-order valence-electron chi connectivity index (χ3n) is 2.33. The van der Waals surface area contributed by atoms with Crippen LogP contribution in [0.25, 0.3) is 5.78 Å². The highest BCUT2D eigenvalue weighted by molar-refractivity contribution is 7.99. The molecule has 2 aromatic heterocycles. The fourth-order valence-corrected chi connectivity index (χ4v) is 2.31. The zero-order valence-corrected chi connectivity index (χ0v) is 10.3. The van der Waals surface area contributed by atoms with Gasteiger partial charge in [0, 0.05) is 10.9 Å². The van der Waals surface area contributed by atoms with Crippen molar-refractivity contribution < 1.29 is 5.11 Å². The Labute approximate surface area is 97.9 Å². The van der Waals surface area contributed by atoms with Crippen molar-refractivity contribution in [1.82, 2.24) is 19.6 Å². The highest BCUT2D eigenvalue weighted by Gasteiger charge is 2.14. The molecule has 0 radical (unpaired) electrons. The Morgan fingerprint density at radius 2 is 2.19 bits per heavy atom. The molecule has 2 aromatic rings. The van der Waals surface area contributed by atoms with Crippen LogP contribution in [0.5, 0.6) is 0 Å². The lowest BCUT2D eigenvalue weighted by molar-refractivity contribution is 0.196. The van der Waals surface area contributed by atoms with Crippen LogP contribution in [0, 0.1) is 6.92 Å². The van der Waals surface area contributed by atoms with Crippen molar-refractivity contribution in [2.24, 2.45) is 0 Å². The standard InChI is InChI=1S/C10H14N4OS/c1-6-4-9(16-8(3)7(2)15)14-10(13-6)11-5-12-14/h4-5,7-8,15H,1-3H3. The first-order valence-electron chi connectivity index (χ1n) is 5.10. The quantitative estimate of drug-likeness (QED) is 0.645. The summed E-state index contributed by atoms with van der Waals surface area (Å²) in [7, 11) is 0. The van der Waals surface area contributed by atoms with Crippen LogP contribution in [0.2, 0.25) is 0 Å². The van der Waals surface area contributed by atoms with Gasteiger partial charge in [-0.05, 0) is 19.9 Å². The molecule has 86 valence electrons. The molecule has 0 aromatic carbocycles. The Hall–Kier alpha value is -1.14. The molecule has 0 aliphatic rings. The summed E-state index contributed by atoms with van der Waals surface area (Å²) >= 11 is 1.57. The van der Waals surface area contributed by atoms with Gasteiger partial charge in [-0.15, -0.1) is 11.8 Å². The zero-order valence-electron chi connectivity index (χ0n) is 9.45. The number of rotatable bonds is 3. The normalized spacial score (nSPS) is 15.2. The molecule has 0 amide bonds. The molecule has 5 nitrogen and oxygen atoms in total. The molecule has 6 heteroatoms. The van der Waals surface area contributed by atoms with Crippen molar-refractivity contribution in [2.75, 3.05) is 0 Å². The van der Waals surface area contributed by atoms with Gasteiger partial charge < -0.3 is 5.11 Å². The monoisotopic (exact) mass is 238 g/mol. The number of aliphatic hydroxyl groups is 1. The molecule has 0 saturated carbocycles. The minimum absolute atomic E-state index is 0.106. The summed E-state index contributed by atoms with van der Waals surface area (Å²) in [5.41, 5.74) is 0.904. The molecule has 0 aliphatic heterocycles. The average molecular weight is 238 g/mol. The average Bonchev–Trinajstić information content (AvgIpc) is 2.65. The highest BCUT2D eigenvalue weighted by Crippen LogP contribution is 2.25. The van der Waals surface area contributed by atoms with E-state index in [4.69, 9.17) is 0 Å². The van der Waals surface area contributed by atoms with Crippen LogP contribution in [-0.4, -0.2) is 36.0 Å². The largest absolute Gasteiger partial charge is 0.392 e. The van der Waals surface area contributed by atoms with E-state index in [0.717, 1.165) is 10.7 Å². The summed E-state index contributed by atoms with van der Waals surface area (Å²) in [5.74, 6) is 0.597. The topological polar surface area (TPSA) is 63.3 Å². The first kappa shape index (κ1) is 11.3. The predicted molar refractivity (Wildman–Crippen MR) is 62.5 cm³/mol. The van der Waals surface area contributed by atoms with Gasteiger partial charge in [-0.25, -0.2) is 4.98 Å². The third-order valence-corrected chi connectivity index (χ3v) is 3.63. The molecule has 1 N–H and O–H groups in total. The number of hydrogen-bond acceptors (Lipinski definition) is 5. The van der Waals surface area contributed by atoms with Gasteiger partial charge in [-0.2, -0.15) is 14.6 Å². The minimum Gasteiger partial charge on any atom is -0.392 e. The van der Waals surface area contributed by atoms with Crippen molar-refractivity contribution in [1.29, 1.82) is 0 Å². The molecule has 0 bridgehead atoms. The first-order chi connectivity index (χ1) is 7.58. The zero-order chi connectivity index (χ0) is 11.7. The fraction of sp³-hybridized carbons (Fsp3) is 0.500. The molecule has 2 atom stereocenters. The van der Waals surface area contributed by atoms with Crippen LogP contribution in [0.1, 0.15) is 19.5 Å². The highest BCUT2D eigenvalue weighted by atomic mass is 32.2. The number of aryl methyl sites for hydroxylation is 1. The van der Waals surface area contributed by atoms with E-state index in [2.05, 4.69) is 15.1 Å². The lowest BCUT2D eigenvalue weighted by Crippen LogP contribution is -2.15. The Balaban J connectivity index is 2.39. The van der Waals surface area contributed by atoms with Gasteiger partial charge >= 0.3 is 0 Å². The van der Waals surface area contributed by atoms with Gasteiger partial charge in [-0.1, -0.05) is 6.92 Å². The molecule has 16 heavy (non-hydrogen) atoms. The van der Waals surface area contributed by atoms with Crippen LogP contribution in [0.15, 0.2) is 17.4 Å². The fourth-order valence-electron chi connectivity index (χ4n) is 1.27. The number of nitrogens with zero attached hydrogens (tertiary/aromatic N) is 4. The smallest absolute Gasteiger partial charge is 0.253 e. The van der Waals surface area contributed by atoms with E-state index in [-0.39, 0.29) is 11.4 Å². The van der Waals surface area contributed by atoms with E-state index in [9.17, 15) is 5.11 Å². The van der Waals surface area contributed by atoms with Gasteiger partial charge in [0.2, 0.25) is 0 Å². The van der Waals surface area contributed by atoms with E-state index in [1.54, 1.807) is 23.2 Å².